The second-order valence-corrected chi connectivity index (χ2v) is 8.39. The van der Waals surface area contributed by atoms with Crippen molar-refractivity contribution < 1.29 is 18.8 Å². The Morgan fingerprint density at radius 1 is 1.31 bits per heavy atom. The van der Waals surface area contributed by atoms with Crippen molar-refractivity contribution in [1.82, 2.24) is 5.16 Å². The van der Waals surface area contributed by atoms with Gasteiger partial charge in [-0.1, -0.05) is 43.3 Å². The van der Waals surface area contributed by atoms with Crippen molar-refractivity contribution >= 4 is 23.3 Å². The Balaban J connectivity index is 1.39. The van der Waals surface area contributed by atoms with Gasteiger partial charge >= 0.3 is 0 Å². The van der Waals surface area contributed by atoms with Crippen LogP contribution in [0.15, 0.2) is 47.0 Å². The molecule has 1 aromatic heterocycles. The maximum Gasteiger partial charge on any atom is 0.235 e. The van der Waals surface area contributed by atoms with Gasteiger partial charge in [0.1, 0.15) is 11.4 Å². The molecule has 2 fully saturated rings. The fraction of sp³-hybridized carbons (Fsp3) is 0.409. The molecule has 0 unspecified atom stereocenters. The van der Waals surface area contributed by atoms with E-state index in [9.17, 15) is 9.59 Å². The number of amides is 2. The van der Waals surface area contributed by atoms with E-state index in [1.54, 1.807) is 17.9 Å². The Bertz CT molecular complexity index is 1010. The van der Waals surface area contributed by atoms with Gasteiger partial charge in [0, 0.05) is 11.8 Å². The van der Waals surface area contributed by atoms with E-state index in [-0.39, 0.29) is 17.9 Å². The molecule has 0 aliphatic carbocycles. The summed E-state index contributed by atoms with van der Waals surface area (Å²) in [4.78, 5) is 27.9. The van der Waals surface area contributed by atoms with Crippen LogP contribution < -0.4 is 10.2 Å². The molecule has 7 nitrogen and oxygen atoms in total. The molecule has 2 amide bonds. The van der Waals surface area contributed by atoms with Gasteiger partial charge in [-0.3, -0.25) is 14.5 Å². The minimum absolute atomic E-state index is 0.152. The average Bonchev–Trinajstić information content (AvgIpc) is 3.43. The molecule has 4 heterocycles. The highest BCUT2D eigenvalue weighted by Crippen LogP contribution is 2.52. The first-order valence-corrected chi connectivity index (χ1v) is 9.91. The smallest absolute Gasteiger partial charge is 0.235 e. The lowest BCUT2D eigenvalue weighted by molar-refractivity contribution is -0.128. The van der Waals surface area contributed by atoms with Crippen LogP contribution in [-0.2, 0) is 14.3 Å². The molecular weight excluding hydrogens is 370 g/mol. The molecular formula is C22H23N3O4. The van der Waals surface area contributed by atoms with E-state index in [0.29, 0.717) is 24.0 Å². The van der Waals surface area contributed by atoms with Crippen LogP contribution in [0.4, 0.5) is 11.5 Å². The summed E-state index contributed by atoms with van der Waals surface area (Å²) < 4.78 is 11.3. The maximum atomic E-state index is 13.2. The predicted octanol–water partition coefficient (Wildman–Crippen LogP) is 3.03. The monoisotopic (exact) mass is 393 g/mol. The first-order valence-electron chi connectivity index (χ1n) is 9.91. The maximum absolute atomic E-state index is 13.2. The van der Waals surface area contributed by atoms with Crippen molar-refractivity contribution in [3.8, 4) is 0 Å². The van der Waals surface area contributed by atoms with Gasteiger partial charge < -0.3 is 14.6 Å². The molecule has 3 aliphatic rings. The summed E-state index contributed by atoms with van der Waals surface area (Å²) in [5, 5.41) is 6.93. The topological polar surface area (TPSA) is 84.7 Å². The van der Waals surface area contributed by atoms with Gasteiger partial charge in [0.2, 0.25) is 11.8 Å². The third-order valence-electron chi connectivity index (χ3n) is 6.14. The number of carbonyl (C=O) groups is 2. The molecule has 1 N–H and O–H groups in total. The lowest BCUT2D eigenvalue weighted by Crippen LogP contribution is -2.41. The zero-order valence-electron chi connectivity index (χ0n) is 16.6. The Hall–Kier alpha value is -2.93. The van der Waals surface area contributed by atoms with Crippen LogP contribution in [0.5, 0.6) is 0 Å². The first kappa shape index (κ1) is 18.1. The Morgan fingerprint density at radius 2 is 2.07 bits per heavy atom. The lowest BCUT2D eigenvalue weighted by Gasteiger charge is -2.23. The number of carbonyl (C=O) groups excluding carboxylic acids is 2. The summed E-state index contributed by atoms with van der Waals surface area (Å²) in [6.45, 7) is 6.36. The van der Waals surface area contributed by atoms with E-state index >= 15 is 0 Å². The quantitative estimate of drug-likeness (QED) is 0.807. The van der Waals surface area contributed by atoms with Crippen molar-refractivity contribution in [3.05, 3.63) is 53.8 Å². The summed E-state index contributed by atoms with van der Waals surface area (Å²) in [5.74, 6) is 0.0172. The van der Waals surface area contributed by atoms with Crippen LogP contribution >= 0.6 is 0 Å². The number of aromatic nitrogens is 1. The molecule has 2 saturated heterocycles. The van der Waals surface area contributed by atoms with Gasteiger partial charge in [0.05, 0.1) is 24.5 Å². The highest BCUT2D eigenvalue weighted by Gasteiger charge is 2.67. The highest BCUT2D eigenvalue weighted by molar-refractivity contribution is 6.05. The van der Waals surface area contributed by atoms with E-state index in [4.69, 9.17) is 9.26 Å². The predicted molar refractivity (Wildman–Crippen MR) is 106 cm³/mol. The number of nitrogens with zero attached hydrogens (tertiary/aromatic N) is 2. The average molecular weight is 393 g/mol. The molecule has 29 heavy (non-hydrogen) atoms. The number of hydrogen-bond acceptors (Lipinski definition) is 5. The van der Waals surface area contributed by atoms with E-state index in [1.165, 1.54) is 5.56 Å². The molecule has 1 aromatic carbocycles. The van der Waals surface area contributed by atoms with Crippen LogP contribution in [-0.4, -0.2) is 35.2 Å². The SMILES string of the molecule is Cc1cc(N2C[C@]34C=C[C@@H](O3)[C@H](C(=O)Nc3ccc(C(C)C)cc3)[C@H]4C2=O)no1. The van der Waals surface area contributed by atoms with Crippen LogP contribution in [0, 0.1) is 18.8 Å². The number of benzene rings is 1. The van der Waals surface area contributed by atoms with Gasteiger partial charge in [0.15, 0.2) is 5.82 Å². The van der Waals surface area contributed by atoms with Crippen molar-refractivity contribution in [2.45, 2.75) is 38.4 Å². The Labute approximate surface area is 168 Å². The number of nitrogens with one attached hydrogen (secondary N) is 1. The summed E-state index contributed by atoms with van der Waals surface area (Å²) >= 11 is 0. The summed E-state index contributed by atoms with van der Waals surface area (Å²) in [7, 11) is 0. The molecule has 7 heteroatoms. The van der Waals surface area contributed by atoms with Crippen molar-refractivity contribution in [2.75, 3.05) is 16.8 Å². The molecule has 4 atom stereocenters. The van der Waals surface area contributed by atoms with E-state index in [2.05, 4.69) is 24.3 Å². The molecule has 0 saturated carbocycles. The van der Waals surface area contributed by atoms with Crippen LogP contribution in [0.2, 0.25) is 0 Å². The first-order chi connectivity index (χ1) is 13.9. The fourth-order valence-electron chi connectivity index (χ4n) is 4.65. The molecule has 150 valence electrons. The number of anilines is 2. The van der Waals surface area contributed by atoms with E-state index in [0.717, 1.165) is 5.69 Å². The minimum atomic E-state index is -0.780. The van der Waals surface area contributed by atoms with Crippen molar-refractivity contribution in [2.24, 2.45) is 11.8 Å². The van der Waals surface area contributed by atoms with Crippen molar-refractivity contribution in [3.63, 3.8) is 0 Å². The number of ether oxygens (including phenoxy) is 1. The highest BCUT2D eigenvalue weighted by atomic mass is 16.5. The van der Waals surface area contributed by atoms with Crippen LogP contribution in [0.1, 0.15) is 31.1 Å². The lowest BCUT2D eigenvalue weighted by atomic mass is 9.76. The van der Waals surface area contributed by atoms with E-state index in [1.807, 2.05) is 36.4 Å². The number of rotatable bonds is 4. The molecule has 2 bridgehead atoms. The van der Waals surface area contributed by atoms with Crippen molar-refractivity contribution in [1.29, 1.82) is 0 Å². The summed E-state index contributed by atoms with van der Waals surface area (Å²) in [6, 6.07) is 9.53. The molecule has 1 spiro atoms. The standard InChI is InChI=1S/C22H23N3O4/c1-12(2)14-4-6-15(7-5-14)23-20(26)18-16-8-9-22(28-16)11-25(21(27)19(18)22)17-10-13(3)29-24-17/h4-10,12,16,18-19H,11H2,1-3H3,(H,23,26)/t16-,18+,19+,22+/m1/s1. The summed E-state index contributed by atoms with van der Waals surface area (Å²) in [5.41, 5.74) is 1.14. The Morgan fingerprint density at radius 3 is 2.72 bits per heavy atom. The van der Waals surface area contributed by atoms with Gasteiger partial charge in [-0.25, -0.2) is 0 Å². The minimum Gasteiger partial charge on any atom is -0.360 e. The third-order valence-corrected chi connectivity index (χ3v) is 6.14. The Kier molecular flexibility index (Phi) is 3.93. The second-order valence-electron chi connectivity index (χ2n) is 8.39. The largest absolute Gasteiger partial charge is 0.360 e. The van der Waals surface area contributed by atoms with E-state index < -0.39 is 17.4 Å². The fourth-order valence-corrected chi connectivity index (χ4v) is 4.65. The van der Waals surface area contributed by atoms with Gasteiger partial charge in [-0.15, -0.1) is 0 Å². The molecule has 5 rings (SSSR count). The number of fused-ring (bicyclic) bond motifs is 1. The van der Waals surface area contributed by atoms with Crippen LogP contribution in [0.3, 0.4) is 0 Å². The van der Waals surface area contributed by atoms with Gasteiger partial charge in [-0.05, 0) is 30.5 Å². The number of aryl methyl sites for hydroxylation is 1. The molecule has 2 aromatic rings. The zero-order valence-corrected chi connectivity index (χ0v) is 16.6. The number of hydrogen-bond donors (Lipinski definition) is 1. The van der Waals surface area contributed by atoms with Gasteiger partial charge in [0.25, 0.3) is 0 Å². The normalized spacial score (nSPS) is 29.7. The second kappa shape index (κ2) is 6.29. The van der Waals surface area contributed by atoms with Gasteiger partial charge in [-0.2, -0.15) is 0 Å². The summed E-state index contributed by atoms with van der Waals surface area (Å²) in [6.07, 6.45) is 3.43. The third kappa shape index (κ3) is 2.72. The zero-order chi connectivity index (χ0) is 20.3. The molecule has 3 aliphatic heterocycles. The van der Waals surface area contributed by atoms with Crippen LogP contribution in [0.25, 0.3) is 0 Å². The molecule has 0 radical (unpaired) electrons.